The van der Waals surface area contributed by atoms with Gasteiger partial charge in [-0.3, -0.25) is 14.6 Å². The zero-order valence-corrected chi connectivity index (χ0v) is 11.3. The zero-order chi connectivity index (χ0) is 14.3. The molecule has 0 fully saturated rings. The Balaban J connectivity index is 2.42. The van der Waals surface area contributed by atoms with Crippen molar-refractivity contribution in [2.75, 3.05) is 0 Å². The Bertz CT molecular complexity index is 418. The largest absolute Gasteiger partial charge is 0.481 e. The van der Waals surface area contributed by atoms with Crippen LogP contribution in [0.2, 0.25) is 0 Å². The van der Waals surface area contributed by atoms with Gasteiger partial charge in [0.15, 0.2) is 0 Å². The van der Waals surface area contributed by atoms with Crippen LogP contribution in [0.1, 0.15) is 32.3 Å². The number of rotatable bonds is 7. The summed E-state index contributed by atoms with van der Waals surface area (Å²) in [6.45, 7) is 3.80. The Morgan fingerprint density at radius 3 is 2.68 bits per heavy atom. The van der Waals surface area contributed by atoms with Crippen LogP contribution >= 0.6 is 0 Å². The highest BCUT2D eigenvalue weighted by Gasteiger charge is 2.19. The van der Waals surface area contributed by atoms with E-state index in [0.29, 0.717) is 12.8 Å². The molecule has 1 aromatic heterocycles. The van der Waals surface area contributed by atoms with Gasteiger partial charge in [0.2, 0.25) is 5.91 Å². The molecule has 104 valence electrons. The predicted octanol–water partition coefficient (Wildman–Crippen LogP) is 1.63. The number of carboxylic acids is 1. The van der Waals surface area contributed by atoms with Crippen LogP contribution in [0.3, 0.4) is 0 Å². The number of aromatic nitrogens is 1. The number of nitrogens with zero attached hydrogens (tertiary/aromatic N) is 1. The fourth-order valence-electron chi connectivity index (χ4n) is 1.72. The minimum absolute atomic E-state index is 0.0453. The summed E-state index contributed by atoms with van der Waals surface area (Å²) in [6, 6.07) is 3.42. The molecule has 0 aromatic carbocycles. The van der Waals surface area contributed by atoms with E-state index in [-0.39, 0.29) is 24.3 Å². The highest BCUT2D eigenvalue weighted by atomic mass is 16.4. The Morgan fingerprint density at radius 1 is 1.42 bits per heavy atom. The SMILES string of the molecule is CC(C)C(CC(=O)O)NC(=O)CCc1cccnc1. The van der Waals surface area contributed by atoms with Gasteiger partial charge >= 0.3 is 5.97 Å². The topological polar surface area (TPSA) is 79.3 Å². The van der Waals surface area contributed by atoms with Crippen molar-refractivity contribution in [2.45, 2.75) is 39.2 Å². The van der Waals surface area contributed by atoms with Gasteiger partial charge < -0.3 is 10.4 Å². The smallest absolute Gasteiger partial charge is 0.305 e. The fourth-order valence-corrected chi connectivity index (χ4v) is 1.72. The predicted molar refractivity (Wildman–Crippen MR) is 71.6 cm³/mol. The van der Waals surface area contributed by atoms with Crippen LogP contribution in [0.5, 0.6) is 0 Å². The summed E-state index contributed by atoms with van der Waals surface area (Å²) in [7, 11) is 0. The molecule has 1 amide bonds. The maximum atomic E-state index is 11.8. The van der Waals surface area contributed by atoms with Crippen LogP contribution in [0.4, 0.5) is 0 Å². The van der Waals surface area contributed by atoms with Crippen molar-refractivity contribution in [3.63, 3.8) is 0 Å². The normalized spacial score (nSPS) is 12.2. The number of hydrogen-bond donors (Lipinski definition) is 2. The van der Waals surface area contributed by atoms with Crippen LogP contribution in [0.15, 0.2) is 24.5 Å². The van der Waals surface area contributed by atoms with E-state index >= 15 is 0 Å². The molecule has 5 heteroatoms. The Labute approximate surface area is 113 Å². The van der Waals surface area contributed by atoms with Crippen LogP contribution in [-0.2, 0) is 16.0 Å². The molecule has 0 saturated carbocycles. The van der Waals surface area contributed by atoms with Gasteiger partial charge in [-0.25, -0.2) is 0 Å². The summed E-state index contributed by atoms with van der Waals surface area (Å²) < 4.78 is 0. The van der Waals surface area contributed by atoms with E-state index in [2.05, 4.69) is 10.3 Å². The Morgan fingerprint density at radius 2 is 2.16 bits per heavy atom. The van der Waals surface area contributed by atoms with Crippen molar-refractivity contribution < 1.29 is 14.7 Å². The first-order valence-electron chi connectivity index (χ1n) is 6.39. The lowest BCUT2D eigenvalue weighted by Gasteiger charge is -2.20. The molecule has 1 atom stereocenters. The number of carbonyl (C=O) groups excluding carboxylic acids is 1. The molecule has 0 aliphatic heterocycles. The van der Waals surface area contributed by atoms with E-state index in [0.717, 1.165) is 5.56 Å². The summed E-state index contributed by atoms with van der Waals surface area (Å²) in [6.07, 6.45) is 4.32. The minimum atomic E-state index is -0.897. The van der Waals surface area contributed by atoms with E-state index in [9.17, 15) is 9.59 Å². The average molecular weight is 264 g/mol. The van der Waals surface area contributed by atoms with Gasteiger partial charge in [-0.05, 0) is 24.0 Å². The lowest BCUT2D eigenvalue weighted by Crippen LogP contribution is -2.40. The van der Waals surface area contributed by atoms with Gasteiger partial charge in [0.25, 0.3) is 0 Å². The highest BCUT2D eigenvalue weighted by Crippen LogP contribution is 2.07. The molecule has 1 heterocycles. The van der Waals surface area contributed by atoms with Crippen LogP contribution in [0.25, 0.3) is 0 Å². The Hall–Kier alpha value is -1.91. The molecule has 1 rings (SSSR count). The van der Waals surface area contributed by atoms with E-state index in [1.165, 1.54) is 0 Å². The third-order valence-electron chi connectivity index (χ3n) is 2.91. The van der Waals surface area contributed by atoms with E-state index in [1.807, 2.05) is 26.0 Å². The van der Waals surface area contributed by atoms with Gasteiger partial charge in [-0.1, -0.05) is 19.9 Å². The quantitative estimate of drug-likeness (QED) is 0.784. The summed E-state index contributed by atoms with van der Waals surface area (Å²) in [5.41, 5.74) is 0.997. The van der Waals surface area contributed by atoms with Crippen molar-refractivity contribution >= 4 is 11.9 Å². The molecular weight excluding hydrogens is 244 g/mol. The summed E-state index contributed by atoms with van der Waals surface area (Å²) in [5, 5.41) is 11.6. The van der Waals surface area contributed by atoms with E-state index < -0.39 is 5.97 Å². The second-order valence-electron chi connectivity index (χ2n) is 4.88. The molecule has 0 spiro atoms. The zero-order valence-electron chi connectivity index (χ0n) is 11.3. The number of pyridine rings is 1. The van der Waals surface area contributed by atoms with Crippen molar-refractivity contribution in [2.24, 2.45) is 5.92 Å². The van der Waals surface area contributed by atoms with Crippen molar-refractivity contribution in [3.05, 3.63) is 30.1 Å². The average Bonchev–Trinajstić information content (AvgIpc) is 2.36. The fraction of sp³-hybridized carbons (Fsp3) is 0.500. The molecule has 0 bridgehead atoms. The van der Waals surface area contributed by atoms with Crippen molar-refractivity contribution in [1.82, 2.24) is 10.3 Å². The maximum absolute atomic E-state index is 11.8. The molecule has 0 saturated heterocycles. The molecule has 1 unspecified atom stereocenters. The molecular formula is C14H20N2O3. The summed E-state index contributed by atoms with van der Waals surface area (Å²) in [5.74, 6) is -0.923. The van der Waals surface area contributed by atoms with Gasteiger partial charge in [-0.15, -0.1) is 0 Å². The van der Waals surface area contributed by atoms with Crippen molar-refractivity contribution in [3.8, 4) is 0 Å². The number of carboxylic acid groups (broad SMARTS) is 1. The van der Waals surface area contributed by atoms with Crippen LogP contribution in [0, 0.1) is 5.92 Å². The lowest BCUT2D eigenvalue weighted by atomic mass is 10.0. The number of carbonyl (C=O) groups is 2. The summed E-state index contributed by atoms with van der Waals surface area (Å²) in [4.78, 5) is 26.5. The highest BCUT2D eigenvalue weighted by molar-refractivity contribution is 5.77. The second kappa shape index (κ2) is 7.51. The first kappa shape index (κ1) is 15.1. The molecule has 1 aromatic rings. The van der Waals surface area contributed by atoms with Crippen LogP contribution in [-0.4, -0.2) is 28.0 Å². The van der Waals surface area contributed by atoms with Crippen molar-refractivity contribution in [1.29, 1.82) is 0 Å². The van der Waals surface area contributed by atoms with Gasteiger partial charge in [0, 0.05) is 24.9 Å². The number of aliphatic carboxylic acids is 1. The lowest BCUT2D eigenvalue weighted by molar-refractivity contribution is -0.138. The Kier molecular flexibility index (Phi) is 5.99. The van der Waals surface area contributed by atoms with E-state index in [4.69, 9.17) is 5.11 Å². The third kappa shape index (κ3) is 5.99. The van der Waals surface area contributed by atoms with Gasteiger partial charge in [0.1, 0.15) is 0 Å². The molecule has 2 N–H and O–H groups in total. The number of aryl methyl sites for hydroxylation is 1. The molecule has 19 heavy (non-hydrogen) atoms. The van der Waals surface area contributed by atoms with Gasteiger partial charge in [0.05, 0.1) is 6.42 Å². The second-order valence-corrected chi connectivity index (χ2v) is 4.88. The monoisotopic (exact) mass is 264 g/mol. The summed E-state index contributed by atoms with van der Waals surface area (Å²) >= 11 is 0. The molecule has 0 aliphatic rings. The third-order valence-corrected chi connectivity index (χ3v) is 2.91. The maximum Gasteiger partial charge on any atom is 0.305 e. The number of amides is 1. The minimum Gasteiger partial charge on any atom is -0.481 e. The standard InChI is InChI=1S/C14H20N2O3/c1-10(2)12(8-14(18)19)16-13(17)6-5-11-4-3-7-15-9-11/h3-4,7,9-10,12H,5-6,8H2,1-2H3,(H,16,17)(H,18,19). The van der Waals surface area contributed by atoms with E-state index in [1.54, 1.807) is 12.4 Å². The molecule has 5 nitrogen and oxygen atoms in total. The molecule has 0 aliphatic carbocycles. The van der Waals surface area contributed by atoms with Crippen LogP contribution < -0.4 is 5.32 Å². The first-order valence-corrected chi connectivity index (χ1v) is 6.39. The molecule has 0 radical (unpaired) electrons. The van der Waals surface area contributed by atoms with Gasteiger partial charge in [-0.2, -0.15) is 0 Å². The number of hydrogen-bond acceptors (Lipinski definition) is 3. The first-order chi connectivity index (χ1) is 8.99. The number of nitrogens with one attached hydrogen (secondary N) is 1.